The molecule has 0 aliphatic carbocycles. The van der Waals surface area contributed by atoms with E-state index in [0.717, 1.165) is 11.6 Å². The second-order valence-corrected chi connectivity index (χ2v) is 11.7. The zero-order valence-electron chi connectivity index (χ0n) is 21.8. The van der Waals surface area contributed by atoms with Crippen LogP contribution in [0.3, 0.4) is 0 Å². The number of fused-ring (bicyclic) bond motifs is 1. The van der Waals surface area contributed by atoms with E-state index in [4.69, 9.17) is 11.6 Å². The first-order valence-corrected chi connectivity index (χ1v) is 14.3. The van der Waals surface area contributed by atoms with Gasteiger partial charge in [0.15, 0.2) is 6.09 Å². The summed E-state index contributed by atoms with van der Waals surface area (Å²) in [4.78, 5) is 20.1. The quantitative estimate of drug-likeness (QED) is 0.235. The van der Waals surface area contributed by atoms with Crippen molar-refractivity contribution in [1.82, 2.24) is 18.8 Å². The number of pyridine rings is 1. The number of carbonyl (C=O) groups is 1. The van der Waals surface area contributed by atoms with E-state index in [1.165, 1.54) is 30.6 Å². The van der Waals surface area contributed by atoms with Crippen LogP contribution in [-0.4, -0.2) is 39.9 Å². The lowest BCUT2D eigenvalue weighted by Gasteiger charge is -2.24. The smallest absolute Gasteiger partial charge is 0.417 e. The van der Waals surface area contributed by atoms with Crippen molar-refractivity contribution in [2.75, 3.05) is 6.54 Å². The van der Waals surface area contributed by atoms with Gasteiger partial charge in [-0.2, -0.15) is 13.2 Å². The van der Waals surface area contributed by atoms with Crippen molar-refractivity contribution in [3.8, 4) is 17.1 Å². The van der Waals surface area contributed by atoms with Crippen molar-refractivity contribution in [3.05, 3.63) is 107 Å². The number of imidazole rings is 1. The second kappa shape index (κ2) is 11.1. The number of nitrogens with zero attached hydrogens (tertiary/aromatic N) is 4. The van der Waals surface area contributed by atoms with Gasteiger partial charge in [-0.05, 0) is 67.4 Å². The molecular formula is C29H21ClF3N4O4S-. The average Bonchev–Trinajstić information content (AvgIpc) is 3.31. The van der Waals surface area contributed by atoms with Crippen molar-refractivity contribution < 1.29 is 31.5 Å². The van der Waals surface area contributed by atoms with E-state index >= 15 is 0 Å². The fourth-order valence-electron chi connectivity index (χ4n) is 4.46. The van der Waals surface area contributed by atoms with Gasteiger partial charge in [-0.3, -0.25) is 13.9 Å². The summed E-state index contributed by atoms with van der Waals surface area (Å²) in [6.07, 6.45) is -3.41. The van der Waals surface area contributed by atoms with Crippen molar-refractivity contribution >= 4 is 38.8 Å². The number of sulfonamides is 1. The first kappa shape index (κ1) is 29.1. The highest BCUT2D eigenvalue weighted by atomic mass is 35.5. The number of amides is 1. The lowest BCUT2D eigenvalue weighted by atomic mass is 10.1. The molecule has 3 aromatic carbocycles. The fraction of sp³-hybridized carbons (Fsp3) is 0.138. The lowest BCUT2D eigenvalue weighted by Crippen LogP contribution is -2.45. The topological polar surface area (TPSA) is 108 Å². The van der Waals surface area contributed by atoms with Gasteiger partial charge in [0.1, 0.15) is 5.82 Å². The summed E-state index contributed by atoms with van der Waals surface area (Å²) in [7, 11) is -4.35. The third kappa shape index (κ3) is 5.68. The number of hydrogen-bond donors (Lipinski definition) is 0. The molecule has 216 valence electrons. The monoisotopic (exact) mass is 613 g/mol. The molecule has 0 bridgehead atoms. The van der Waals surface area contributed by atoms with Crippen molar-refractivity contribution in [3.63, 3.8) is 0 Å². The average molecular weight is 614 g/mol. The van der Waals surface area contributed by atoms with Crippen LogP contribution in [0.2, 0.25) is 5.02 Å². The number of aromatic nitrogens is 3. The van der Waals surface area contributed by atoms with E-state index in [9.17, 15) is 31.5 Å². The van der Waals surface area contributed by atoms with Crippen LogP contribution < -0.4 is 5.11 Å². The van der Waals surface area contributed by atoms with Gasteiger partial charge in [0, 0.05) is 30.2 Å². The van der Waals surface area contributed by atoms with Gasteiger partial charge in [-0.15, -0.1) is 0 Å². The predicted octanol–water partition coefficient (Wildman–Crippen LogP) is 5.64. The summed E-state index contributed by atoms with van der Waals surface area (Å²) in [5, 5.41) is 11.3. The van der Waals surface area contributed by atoms with Crippen LogP contribution >= 0.6 is 11.6 Å². The summed E-state index contributed by atoms with van der Waals surface area (Å²) < 4.78 is 68.4. The molecule has 0 saturated carbocycles. The van der Waals surface area contributed by atoms with Gasteiger partial charge in [0.25, 0.3) is 10.0 Å². The van der Waals surface area contributed by atoms with Gasteiger partial charge in [-0.1, -0.05) is 41.4 Å². The molecule has 42 heavy (non-hydrogen) atoms. The van der Waals surface area contributed by atoms with E-state index < -0.39 is 32.9 Å². The largest absolute Gasteiger partial charge is 0.529 e. The Hall–Kier alpha value is -4.42. The molecule has 0 saturated heterocycles. The molecule has 2 heterocycles. The van der Waals surface area contributed by atoms with E-state index in [2.05, 4.69) is 9.97 Å². The molecule has 0 spiro atoms. The Morgan fingerprint density at radius 3 is 2.24 bits per heavy atom. The van der Waals surface area contributed by atoms with E-state index in [-0.39, 0.29) is 27.7 Å². The van der Waals surface area contributed by atoms with Gasteiger partial charge in [-0.25, -0.2) is 13.4 Å². The van der Waals surface area contributed by atoms with Crippen LogP contribution in [0.5, 0.6) is 0 Å². The molecule has 8 nitrogen and oxygen atoms in total. The SMILES string of the molecule is Cc1ccc(S(=O)(=O)N(CCc2ccc(-n3c(-c4ccncc4)nc4cc(C(F)(F)F)c(Cl)cc43)cc2)C(=O)[O-])cc1. The van der Waals surface area contributed by atoms with Crippen LogP contribution in [-0.2, 0) is 22.6 Å². The zero-order chi connectivity index (χ0) is 30.2. The minimum Gasteiger partial charge on any atom is -0.529 e. The molecule has 0 aliphatic heterocycles. The summed E-state index contributed by atoms with van der Waals surface area (Å²) in [5.41, 5.74) is 1.96. The molecule has 0 aliphatic rings. The van der Waals surface area contributed by atoms with Crippen molar-refractivity contribution in [2.45, 2.75) is 24.4 Å². The summed E-state index contributed by atoms with van der Waals surface area (Å²) in [6.45, 7) is 1.39. The van der Waals surface area contributed by atoms with Crippen molar-refractivity contribution in [2.24, 2.45) is 0 Å². The first-order chi connectivity index (χ1) is 19.9. The van der Waals surface area contributed by atoms with Crippen LogP contribution in [0, 0.1) is 6.92 Å². The highest BCUT2D eigenvalue weighted by Crippen LogP contribution is 2.39. The Morgan fingerprint density at radius 1 is 1.00 bits per heavy atom. The maximum Gasteiger partial charge on any atom is 0.417 e. The maximum absolute atomic E-state index is 13.5. The van der Waals surface area contributed by atoms with E-state index in [1.807, 2.05) is 0 Å². The molecule has 5 aromatic rings. The first-order valence-electron chi connectivity index (χ1n) is 12.5. The Morgan fingerprint density at radius 2 is 1.64 bits per heavy atom. The normalized spacial score (nSPS) is 12.0. The van der Waals surface area contributed by atoms with Crippen LogP contribution in [0.4, 0.5) is 18.0 Å². The Kier molecular flexibility index (Phi) is 7.69. The number of carboxylic acid groups (broad SMARTS) is 1. The lowest BCUT2D eigenvalue weighted by molar-refractivity contribution is -0.259. The number of hydrogen-bond acceptors (Lipinski definition) is 6. The van der Waals surface area contributed by atoms with Gasteiger partial charge < -0.3 is 9.90 Å². The van der Waals surface area contributed by atoms with E-state index in [0.29, 0.717) is 28.2 Å². The Balaban J connectivity index is 1.49. The van der Waals surface area contributed by atoms with E-state index in [1.54, 1.807) is 60.0 Å². The van der Waals surface area contributed by atoms with Gasteiger partial charge in [0.2, 0.25) is 0 Å². The zero-order valence-corrected chi connectivity index (χ0v) is 23.4. The number of halogens is 4. The number of carbonyl (C=O) groups excluding carboxylic acids is 1. The molecule has 0 fully saturated rings. The molecule has 0 N–H and O–H groups in total. The molecule has 1 amide bonds. The highest BCUT2D eigenvalue weighted by molar-refractivity contribution is 7.89. The molecule has 0 unspecified atom stereocenters. The summed E-state index contributed by atoms with van der Waals surface area (Å²) >= 11 is 6.04. The molecule has 0 radical (unpaired) electrons. The van der Waals surface area contributed by atoms with Gasteiger partial charge in [0.05, 0.1) is 26.5 Å². The van der Waals surface area contributed by atoms with Crippen LogP contribution in [0.25, 0.3) is 28.1 Å². The maximum atomic E-state index is 13.5. The number of rotatable bonds is 7. The number of benzene rings is 3. The predicted molar refractivity (Wildman–Crippen MR) is 148 cm³/mol. The minimum absolute atomic E-state index is 0.0437. The summed E-state index contributed by atoms with van der Waals surface area (Å²) in [6, 6.07) is 17.9. The van der Waals surface area contributed by atoms with Crippen LogP contribution in [0.15, 0.2) is 90.1 Å². The third-order valence-corrected chi connectivity index (χ3v) is 8.69. The fourth-order valence-corrected chi connectivity index (χ4v) is 5.99. The molecule has 13 heteroatoms. The minimum atomic E-state index is -4.67. The molecule has 0 atom stereocenters. The van der Waals surface area contributed by atoms with Crippen LogP contribution in [0.1, 0.15) is 16.7 Å². The molecule has 5 rings (SSSR count). The summed E-state index contributed by atoms with van der Waals surface area (Å²) in [5.74, 6) is 0.350. The van der Waals surface area contributed by atoms with Crippen molar-refractivity contribution in [1.29, 1.82) is 0 Å². The standard InChI is InChI=1S/C29H22ClF3N4O4S/c1-18-2-8-22(9-3-18)42(40,41)36(28(38)39)15-12-19-4-6-21(7-5-19)37-26-17-24(30)23(29(31,32)33)16-25(26)35-27(37)20-10-13-34-14-11-20/h2-11,13-14,16-17H,12,15H2,1H3,(H,38,39)/p-1. The molecular weight excluding hydrogens is 593 g/mol. The Labute approximate surface area is 243 Å². The third-order valence-electron chi connectivity index (χ3n) is 6.60. The highest BCUT2D eigenvalue weighted by Gasteiger charge is 2.34. The number of aryl methyl sites for hydroxylation is 1. The second-order valence-electron chi connectivity index (χ2n) is 9.40. The molecule has 2 aromatic heterocycles. The van der Waals surface area contributed by atoms with Gasteiger partial charge >= 0.3 is 6.18 Å². The number of alkyl halides is 3. The Bertz CT molecular complexity index is 1880.